The molecule has 0 spiro atoms. The molecule has 0 bridgehead atoms. The average Bonchev–Trinajstić information content (AvgIpc) is 2.71. The summed E-state index contributed by atoms with van der Waals surface area (Å²) in [5.74, 6) is -0.803. The van der Waals surface area contributed by atoms with Gasteiger partial charge >= 0.3 is 0 Å². The van der Waals surface area contributed by atoms with Crippen LogP contribution < -0.4 is 4.72 Å². The van der Waals surface area contributed by atoms with Gasteiger partial charge in [0.2, 0.25) is 10.0 Å². The van der Waals surface area contributed by atoms with E-state index in [1.54, 1.807) is 24.3 Å². The van der Waals surface area contributed by atoms with E-state index >= 15 is 0 Å². The maximum absolute atomic E-state index is 13.0. The zero-order valence-corrected chi connectivity index (χ0v) is 15.9. The minimum Gasteiger partial charge on any atom is -0.289 e. The molecule has 1 N–H and O–H groups in total. The van der Waals surface area contributed by atoms with Crippen LogP contribution in [0.2, 0.25) is 0 Å². The number of benzene rings is 3. The number of nitrogens with one attached hydrogen (secondary N) is 1. The largest absolute Gasteiger partial charge is 0.289 e. The average molecular weight is 391 g/mol. The Kier molecular flexibility index (Phi) is 4.45. The Morgan fingerprint density at radius 2 is 1.36 bits per heavy atom. The standard InChI is InChI=1S/C22H17NO4S/c1-14-9-11-15(12-10-14)13-23-28(26,27)19-8-4-7-18-20(19)22(25)17-6-3-2-5-16(17)21(18)24/h2-12,23H,13H2,1H3. The highest BCUT2D eigenvalue weighted by Gasteiger charge is 2.34. The molecule has 0 unspecified atom stereocenters. The van der Waals surface area contributed by atoms with E-state index in [1.807, 2.05) is 31.2 Å². The zero-order chi connectivity index (χ0) is 19.9. The van der Waals surface area contributed by atoms with Crippen LogP contribution in [0.1, 0.15) is 43.0 Å². The van der Waals surface area contributed by atoms with Gasteiger partial charge in [0.15, 0.2) is 11.6 Å². The molecule has 0 atom stereocenters. The lowest BCUT2D eigenvalue weighted by atomic mass is 9.84. The smallest absolute Gasteiger partial charge is 0.241 e. The molecule has 6 heteroatoms. The maximum Gasteiger partial charge on any atom is 0.241 e. The van der Waals surface area contributed by atoms with Gasteiger partial charge in [0, 0.05) is 23.2 Å². The van der Waals surface area contributed by atoms with Crippen molar-refractivity contribution >= 4 is 21.6 Å². The van der Waals surface area contributed by atoms with Gasteiger partial charge in [-0.2, -0.15) is 0 Å². The lowest BCUT2D eigenvalue weighted by Gasteiger charge is -2.20. The number of carbonyl (C=O) groups is 2. The van der Waals surface area contributed by atoms with Crippen LogP contribution in [0.5, 0.6) is 0 Å². The fourth-order valence-corrected chi connectivity index (χ4v) is 4.54. The molecule has 0 heterocycles. The number of rotatable bonds is 4. The second-order valence-electron chi connectivity index (χ2n) is 6.69. The van der Waals surface area contributed by atoms with E-state index in [0.717, 1.165) is 11.1 Å². The minimum absolute atomic E-state index is 0.0670. The summed E-state index contributed by atoms with van der Waals surface area (Å²) in [6.45, 7) is 2.04. The molecular formula is C22H17NO4S. The van der Waals surface area contributed by atoms with Crippen LogP contribution in [0.4, 0.5) is 0 Å². The Bertz CT molecular complexity index is 1210. The van der Waals surface area contributed by atoms with Gasteiger partial charge in [-0.05, 0) is 18.6 Å². The van der Waals surface area contributed by atoms with E-state index in [9.17, 15) is 18.0 Å². The first-order chi connectivity index (χ1) is 13.4. The summed E-state index contributed by atoms with van der Waals surface area (Å²) in [5.41, 5.74) is 2.44. The van der Waals surface area contributed by atoms with E-state index in [0.29, 0.717) is 5.56 Å². The SMILES string of the molecule is Cc1ccc(CNS(=O)(=O)c2cccc3c2C(=O)c2ccccc2C3=O)cc1. The first-order valence-electron chi connectivity index (χ1n) is 8.75. The molecule has 140 valence electrons. The molecule has 0 saturated heterocycles. The number of hydrogen-bond acceptors (Lipinski definition) is 4. The minimum atomic E-state index is -3.99. The molecule has 3 aromatic rings. The molecule has 1 aliphatic carbocycles. The lowest BCUT2D eigenvalue weighted by molar-refractivity contribution is 0.0976. The number of aryl methyl sites for hydroxylation is 1. The van der Waals surface area contributed by atoms with Crippen molar-refractivity contribution in [3.05, 3.63) is 100 Å². The van der Waals surface area contributed by atoms with E-state index in [-0.39, 0.29) is 33.9 Å². The first-order valence-corrected chi connectivity index (χ1v) is 10.2. The number of ketones is 2. The van der Waals surface area contributed by atoms with E-state index in [4.69, 9.17) is 0 Å². The van der Waals surface area contributed by atoms with Crippen LogP contribution in [0.15, 0.2) is 71.6 Å². The van der Waals surface area contributed by atoms with Crippen LogP contribution >= 0.6 is 0 Å². The van der Waals surface area contributed by atoms with Crippen molar-refractivity contribution in [2.45, 2.75) is 18.4 Å². The molecule has 0 aliphatic heterocycles. The van der Waals surface area contributed by atoms with Gasteiger partial charge in [-0.25, -0.2) is 13.1 Å². The van der Waals surface area contributed by atoms with Crippen molar-refractivity contribution in [2.24, 2.45) is 0 Å². The van der Waals surface area contributed by atoms with E-state index in [2.05, 4.69) is 4.72 Å². The van der Waals surface area contributed by atoms with Gasteiger partial charge in [0.1, 0.15) is 0 Å². The summed E-state index contributed by atoms with van der Waals surface area (Å²) in [4.78, 5) is 25.6. The fourth-order valence-electron chi connectivity index (χ4n) is 3.30. The second-order valence-corrected chi connectivity index (χ2v) is 8.43. The molecule has 0 aromatic heterocycles. The van der Waals surface area contributed by atoms with Crippen LogP contribution in [0, 0.1) is 6.92 Å². The number of sulfonamides is 1. The Balaban J connectivity index is 1.74. The third kappa shape index (κ3) is 3.06. The predicted molar refractivity (Wildman–Crippen MR) is 105 cm³/mol. The second kappa shape index (κ2) is 6.82. The molecule has 5 nitrogen and oxygen atoms in total. The highest BCUT2D eigenvalue weighted by molar-refractivity contribution is 7.89. The molecule has 3 aromatic carbocycles. The van der Waals surface area contributed by atoms with Crippen LogP contribution in [0.3, 0.4) is 0 Å². The summed E-state index contributed by atoms with van der Waals surface area (Å²) in [7, 11) is -3.99. The number of fused-ring (bicyclic) bond motifs is 2. The Labute approximate surface area is 163 Å². The van der Waals surface area contributed by atoms with Gasteiger partial charge in [0.05, 0.1) is 10.5 Å². The predicted octanol–water partition coefficient (Wildman–Crippen LogP) is 3.25. The Morgan fingerprint density at radius 3 is 2.04 bits per heavy atom. The van der Waals surface area contributed by atoms with Crippen molar-refractivity contribution in [1.82, 2.24) is 4.72 Å². The van der Waals surface area contributed by atoms with Crippen molar-refractivity contribution < 1.29 is 18.0 Å². The van der Waals surface area contributed by atoms with E-state index in [1.165, 1.54) is 18.2 Å². The fraction of sp³-hybridized carbons (Fsp3) is 0.0909. The molecule has 0 saturated carbocycles. The number of carbonyl (C=O) groups excluding carboxylic acids is 2. The number of hydrogen-bond donors (Lipinski definition) is 1. The highest BCUT2D eigenvalue weighted by Crippen LogP contribution is 2.31. The molecular weight excluding hydrogens is 374 g/mol. The third-order valence-electron chi connectivity index (χ3n) is 4.79. The summed E-state index contributed by atoms with van der Waals surface area (Å²) >= 11 is 0. The summed E-state index contributed by atoms with van der Waals surface area (Å²) in [6.07, 6.45) is 0. The quantitative estimate of drug-likeness (QED) is 0.579. The molecule has 4 rings (SSSR count). The molecule has 28 heavy (non-hydrogen) atoms. The Hall–Kier alpha value is -3.09. The molecule has 0 amide bonds. The first kappa shape index (κ1) is 18.3. The van der Waals surface area contributed by atoms with Crippen molar-refractivity contribution in [3.63, 3.8) is 0 Å². The van der Waals surface area contributed by atoms with Gasteiger partial charge < -0.3 is 0 Å². The van der Waals surface area contributed by atoms with Crippen molar-refractivity contribution in [2.75, 3.05) is 0 Å². The normalized spacial score (nSPS) is 13.2. The third-order valence-corrected chi connectivity index (χ3v) is 6.23. The zero-order valence-electron chi connectivity index (χ0n) is 15.1. The molecule has 1 aliphatic rings. The molecule has 0 fully saturated rings. The molecule has 0 radical (unpaired) electrons. The van der Waals surface area contributed by atoms with Crippen LogP contribution in [-0.2, 0) is 16.6 Å². The van der Waals surface area contributed by atoms with Gasteiger partial charge in [-0.3, -0.25) is 9.59 Å². The van der Waals surface area contributed by atoms with Crippen LogP contribution in [-0.4, -0.2) is 20.0 Å². The lowest BCUT2D eigenvalue weighted by Crippen LogP contribution is -2.29. The highest BCUT2D eigenvalue weighted by atomic mass is 32.2. The van der Waals surface area contributed by atoms with Crippen molar-refractivity contribution in [3.8, 4) is 0 Å². The summed E-state index contributed by atoms with van der Waals surface area (Å²) in [6, 6.07) is 18.3. The van der Waals surface area contributed by atoms with E-state index < -0.39 is 15.8 Å². The monoisotopic (exact) mass is 391 g/mol. The van der Waals surface area contributed by atoms with Gasteiger partial charge in [0.25, 0.3) is 0 Å². The summed E-state index contributed by atoms with van der Waals surface area (Å²) < 4.78 is 28.4. The van der Waals surface area contributed by atoms with Gasteiger partial charge in [-0.15, -0.1) is 0 Å². The van der Waals surface area contributed by atoms with Gasteiger partial charge in [-0.1, -0.05) is 66.2 Å². The Morgan fingerprint density at radius 1 is 0.750 bits per heavy atom. The van der Waals surface area contributed by atoms with Crippen LogP contribution in [0.25, 0.3) is 0 Å². The van der Waals surface area contributed by atoms with Crippen molar-refractivity contribution in [1.29, 1.82) is 0 Å². The summed E-state index contributed by atoms with van der Waals surface area (Å²) in [5, 5.41) is 0. The topological polar surface area (TPSA) is 80.3 Å². The maximum atomic E-state index is 13.0.